The molecule has 6 heteroatoms. The minimum absolute atomic E-state index is 0.193. The van der Waals surface area contributed by atoms with Gasteiger partial charge in [0.2, 0.25) is 5.91 Å². The minimum Gasteiger partial charge on any atom is -0.378 e. The first-order valence-corrected chi connectivity index (χ1v) is 9.61. The SMILES string of the molecule is CN=C(NCC(=O)N1CCCCC1)N1CCC(OCC2CC2)CC1. The number of carbonyl (C=O) groups excluding carboxylic acids is 1. The molecule has 2 aliphatic heterocycles. The number of amides is 1. The van der Waals surface area contributed by atoms with Crippen LogP contribution >= 0.6 is 0 Å². The molecule has 0 spiro atoms. The molecule has 3 aliphatic rings. The molecule has 0 radical (unpaired) electrons. The largest absolute Gasteiger partial charge is 0.378 e. The van der Waals surface area contributed by atoms with Crippen LogP contribution in [0.25, 0.3) is 0 Å². The van der Waals surface area contributed by atoms with E-state index in [9.17, 15) is 4.79 Å². The molecule has 24 heavy (non-hydrogen) atoms. The van der Waals surface area contributed by atoms with Crippen molar-refractivity contribution >= 4 is 11.9 Å². The van der Waals surface area contributed by atoms with Crippen LogP contribution in [0.15, 0.2) is 4.99 Å². The van der Waals surface area contributed by atoms with Crippen LogP contribution < -0.4 is 5.32 Å². The fourth-order valence-electron chi connectivity index (χ4n) is 3.53. The van der Waals surface area contributed by atoms with Crippen LogP contribution in [0.4, 0.5) is 0 Å². The van der Waals surface area contributed by atoms with Crippen LogP contribution in [0.3, 0.4) is 0 Å². The van der Waals surface area contributed by atoms with Crippen molar-refractivity contribution in [3.05, 3.63) is 0 Å². The third kappa shape index (κ3) is 5.10. The molecule has 0 bridgehead atoms. The Kier molecular flexibility index (Phi) is 6.35. The lowest BCUT2D eigenvalue weighted by molar-refractivity contribution is -0.130. The molecule has 0 unspecified atom stereocenters. The number of aliphatic imine (C=N–C) groups is 1. The van der Waals surface area contributed by atoms with E-state index in [4.69, 9.17) is 4.74 Å². The summed E-state index contributed by atoms with van der Waals surface area (Å²) < 4.78 is 6.00. The molecule has 3 rings (SSSR count). The standard InChI is InChI=1S/C18H32N4O2/c1-19-18(20-13-17(23)21-9-3-2-4-10-21)22-11-7-16(8-12-22)24-14-15-5-6-15/h15-16H,2-14H2,1H3,(H,19,20). The van der Waals surface area contributed by atoms with Gasteiger partial charge in [-0.1, -0.05) is 0 Å². The number of likely N-dealkylation sites (tertiary alicyclic amines) is 2. The van der Waals surface area contributed by atoms with E-state index in [1.54, 1.807) is 7.05 Å². The Morgan fingerprint density at radius 1 is 1.04 bits per heavy atom. The summed E-state index contributed by atoms with van der Waals surface area (Å²) in [6, 6.07) is 0. The molecule has 0 aromatic heterocycles. The van der Waals surface area contributed by atoms with Crippen molar-refractivity contribution in [1.29, 1.82) is 0 Å². The van der Waals surface area contributed by atoms with E-state index < -0.39 is 0 Å². The van der Waals surface area contributed by atoms with E-state index in [0.717, 1.165) is 70.3 Å². The van der Waals surface area contributed by atoms with E-state index in [0.29, 0.717) is 12.6 Å². The van der Waals surface area contributed by atoms with Gasteiger partial charge in [0.1, 0.15) is 0 Å². The highest BCUT2D eigenvalue weighted by atomic mass is 16.5. The summed E-state index contributed by atoms with van der Waals surface area (Å²) in [6.07, 6.45) is 8.71. The molecule has 2 heterocycles. The second-order valence-electron chi connectivity index (χ2n) is 7.31. The summed E-state index contributed by atoms with van der Waals surface area (Å²) in [4.78, 5) is 20.9. The fraction of sp³-hybridized carbons (Fsp3) is 0.889. The van der Waals surface area contributed by atoms with Gasteiger partial charge in [-0.3, -0.25) is 9.79 Å². The highest BCUT2D eigenvalue weighted by Gasteiger charge is 2.26. The molecule has 136 valence electrons. The van der Waals surface area contributed by atoms with Crippen LogP contribution in [-0.2, 0) is 9.53 Å². The zero-order chi connectivity index (χ0) is 16.8. The maximum atomic E-state index is 12.3. The van der Waals surface area contributed by atoms with Gasteiger partial charge in [-0.15, -0.1) is 0 Å². The first-order chi connectivity index (χ1) is 11.8. The predicted octanol–water partition coefficient (Wildman–Crippen LogP) is 1.47. The summed E-state index contributed by atoms with van der Waals surface area (Å²) in [5.74, 6) is 1.87. The van der Waals surface area contributed by atoms with Crippen LogP contribution in [0.5, 0.6) is 0 Å². The highest BCUT2D eigenvalue weighted by molar-refractivity contribution is 5.86. The third-order valence-corrected chi connectivity index (χ3v) is 5.32. The Balaban J connectivity index is 1.37. The Labute approximate surface area is 145 Å². The van der Waals surface area contributed by atoms with Gasteiger partial charge < -0.3 is 19.9 Å². The Morgan fingerprint density at radius 3 is 2.38 bits per heavy atom. The smallest absolute Gasteiger partial charge is 0.241 e. The number of hydrogen-bond acceptors (Lipinski definition) is 3. The van der Waals surface area contributed by atoms with Crippen LogP contribution in [0, 0.1) is 5.92 Å². The van der Waals surface area contributed by atoms with Gasteiger partial charge >= 0.3 is 0 Å². The number of hydrogen-bond donors (Lipinski definition) is 1. The second-order valence-corrected chi connectivity index (χ2v) is 7.31. The zero-order valence-corrected chi connectivity index (χ0v) is 15.0. The number of carbonyl (C=O) groups is 1. The molecule has 0 aromatic carbocycles. The molecular formula is C18H32N4O2. The van der Waals surface area contributed by atoms with Gasteiger partial charge in [0.15, 0.2) is 5.96 Å². The van der Waals surface area contributed by atoms with Gasteiger partial charge in [0, 0.05) is 39.8 Å². The summed E-state index contributed by atoms with van der Waals surface area (Å²) in [5.41, 5.74) is 0. The van der Waals surface area contributed by atoms with Crippen molar-refractivity contribution in [2.45, 2.75) is 51.0 Å². The van der Waals surface area contributed by atoms with Crippen molar-refractivity contribution in [3.63, 3.8) is 0 Å². The first kappa shape index (κ1) is 17.5. The molecule has 3 fully saturated rings. The number of piperidine rings is 2. The Morgan fingerprint density at radius 2 is 1.75 bits per heavy atom. The number of rotatable bonds is 5. The average Bonchev–Trinajstić information content (AvgIpc) is 3.46. The molecular weight excluding hydrogens is 304 g/mol. The van der Waals surface area contributed by atoms with E-state index in [-0.39, 0.29) is 5.91 Å². The minimum atomic E-state index is 0.193. The van der Waals surface area contributed by atoms with Gasteiger partial charge in [-0.25, -0.2) is 0 Å². The van der Waals surface area contributed by atoms with Crippen molar-refractivity contribution in [2.24, 2.45) is 10.9 Å². The van der Waals surface area contributed by atoms with Gasteiger partial charge in [-0.2, -0.15) is 0 Å². The van der Waals surface area contributed by atoms with E-state index in [1.165, 1.54) is 19.3 Å². The van der Waals surface area contributed by atoms with Crippen LogP contribution in [0.1, 0.15) is 44.9 Å². The van der Waals surface area contributed by atoms with Gasteiger partial charge in [0.05, 0.1) is 12.6 Å². The molecule has 6 nitrogen and oxygen atoms in total. The maximum absolute atomic E-state index is 12.3. The van der Waals surface area contributed by atoms with E-state index in [1.807, 2.05) is 4.90 Å². The summed E-state index contributed by atoms with van der Waals surface area (Å²) in [7, 11) is 1.80. The molecule has 0 atom stereocenters. The van der Waals surface area contributed by atoms with Crippen molar-refractivity contribution in [1.82, 2.24) is 15.1 Å². The van der Waals surface area contributed by atoms with Crippen molar-refractivity contribution in [3.8, 4) is 0 Å². The van der Waals surface area contributed by atoms with Crippen LogP contribution in [-0.4, -0.2) is 74.1 Å². The summed E-state index contributed by atoms with van der Waals surface area (Å²) in [5, 5.41) is 3.26. The Hall–Kier alpha value is -1.30. The molecule has 2 saturated heterocycles. The maximum Gasteiger partial charge on any atom is 0.241 e. The molecule has 1 aliphatic carbocycles. The summed E-state index contributed by atoms with van der Waals surface area (Å²) >= 11 is 0. The van der Waals surface area contributed by atoms with E-state index in [2.05, 4.69) is 15.2 Å². The number of ether oxygens (including phenoxy) is 1. The molecule has 0 aromatic rings. The van der Waals surface area contributed by atoms with Gasteiger partial charge in [-0.05, 0) is 50.9 Å². The zero-order valence-electron chi connectivity index (χ0n) is 15.0. The van der Waals surface area contributed by atoms with Crippen molar-refractivity contribution < 1.29 is 9.53 Å². The van der Waals surface area contributed by atoms with Crippen molar-refractivity contribution in [2.75, 3.05) is 46.4 Å². The van der Waals surface area contributed by atoms with Gasteiger partial charge in [0.25, 0.3) is 0 Å². The quantitative estimate of drug-likeness (QED) is 0.610. The lowest BCUT2D eigenvalue weighted by Crippen LogP contribution is -2.50. The Bertz CT molecular complexity index is 436. The topological polar surface area (TPSA) is 57.2 Å². The van der Waals surface area contributed by atoms with Crippen LogP contribution in [0.2, 0.25) is 0 Å². The predicted molar refractivity (Wildman–Crippen MR) is 95.1 cm³/mol. The highest BCUT2D eigenvalue weighted by Crippen LogP contribution is 2.30. The molecule has 1 N–H and O–H groups in total. The molecule has 1 saturated carbocycles. The monoisotopic (exact) mass is 336 g/mol. The number of nitrogens with zero attached hydrogens (tertiary/aromatic N) is 3. The lowest BCUT2D eigenvalue weighted by Gasteiger charge is -2.34. The lowest BCUT2D eigenvalue weighted by atomic mass is 10.1. The first-order valence-electron chi connectivity index (χ1n) is 9.61. The summed E-state index contributed by atoms with van der Waals surface area (Å²) in [6.45, 7) is 5.01. The average molecular weight is 336 g/mol. The second kappa shape index (κ2) is 8.70. The number of nitrogens with one attached hydrogen (secondary N) is 1. The normalized spacial score (nSPS) is 23.5. The van der Waals surface area contributed by atoms with E-state index >= 15 is 0 Å². The third-order valence-electron chi connectivity index (χ3n) is 5.32. The molecule has 1 amide bonds. The number of guanidine groups is 1. The fourth-order valence-corrected chi connectivity index (χ4v) is 3.53.